The van der Waals surface area contributed by atoms with E-state index in [0.29, 0.717) is 30.2 Å². The van der Waals surface area contributed by atoms with Gasteiger partial charge in [-0.3, -0.25) is 9.20 Å². The molecule has 1 aromatic carbocycles. The minimum atomic E-state index is -0.872. The second-order valence-electron chi connectivity index (χ2n) is 7.45. The van der Waals surface area contributed by atoms with Crippen molar-refractivity contribution in [2.45, 2.75) is 44.6 Å². The minimum Gasteiger partial charge on any atom is -0.377 e. The molecule has 0 aromatic heterocycles. The molecule has 2 rings (SSSR count). The first-order valence-corrected chi connectivity index (χ1v) is 11.8. The highest BCUT2D eigenvalue weighted by atomic mass is 127. The molecule has 0 bridgehead atoms. The van der Waals surface area contributed by atoms with Crippen molar-refractivity contribution in [2.75, 3.05) is 45.6 Å². The summed E-state index contributed by atoms with van der Waals surface area (Å²) in [5.74, 6) is 2.02. The molecule has 1 unspecified atom stereocenters. The van der Waals surface area contributed by atoms with E-state index in [0.717, 1.165) is 50.6 Å². The normalized spacial score (nSPS) is 17.0. The van der Waals surface area contributed by atoms with Gasteiger partial charge in [0, 0.05) is 61.6 Å². The third-order valence-electron chi connectivity index (χ3n) is 4.80. The van der Waals surface area contributed by atoms with Gasteiger partial charge in [-0.2, -0.15) is 0 Å². The first-order valence-electron chi connectivity index (χ1n) is 10.3. The van der Waals surface area contributed by atoms with Crippen LogP contribution in [0.3, 0.4) is 0 Å². The molecule has 1 fully saturated rings. The third-order valence-corrected chi connectivity index (χ3v) is 6.12. The summed E-state index contributed by atoms with van der Waals surface area (Å²) in [5.41, 5.74) is 1.12. The van der Waals surface area contributed by atoms with Crippen LogP contribution >= 0.6 is 24.0 Å². The number of guanidine groups is 1. The van der Waals surface area contributed by atoms with Gasteiger partial charge in [0.2, 0.25) is 0 Å². The van der Waals surface area contributed by atoms with E-state index >= 15 is 0 Å². The molecule has 0 saturated carbocycles. The van der Waals surface area contributed by atoms with E-state index in [-0.39, 0.29) is 24.0 Å². The molecule has 6 nitrogen and oxygen atoms in total. The molecule has 29 heavy (non-hydrogen) atoms. The van der Waals surface area contributed by atoms with E-state index in [1.165, 1.54) is 0 Å². The largest absolute Gasteiger partial charge is 0.377 e. The van der Waals surface area contributed by atoms with Crippen LogP contribution in [-0.4, -0.2) is 72.8 Å². The van der Waals surface area contributed by atoms with Gasteiger partial charge >= 0.3 is 0 Å². The number of ether oxygens (including phenoxy) is 1. The maximum atomic E-state index is 12.2. The zero-order valence-electron chi connectivity index (χ0n) is 17.9. The second kappa shape index (κ2) is 15.1. The molecule has 1 aliphatic heterocycles. The highest BCUT2D eigenvalue weighted by Gasteiger charge is 2.19. The second-order valence-corrected chi connectivity index (χ2v) is 9.03. The fourth-order valence-corrected chi connectivity index (χ4v) is 4.26. The smallest absolute Gasteiger partial charge is 0.191 e. The van der Waals surface area contributed by atoms with Crippen molar-refractivity contribution in [1.82, 2.24) is 15.5 Å². The van der Waals surface area contributed by atoms with Gasteiger partial charge in [-0.25, -0.2) is 0 Å². The molecular formula is C21H37IN4O2S. The van der Waals surface area contributed by atoms with E-state index in [1.807, 2.05) is 30.3 Å². The van der Waals surface area contributed by atoms with E-state index in [9.17, 15) is 4.21 Å². The van der Waals surface area contributed by atoms with Crippen LogP contribution in [-0.2, 0) is 21.3 Å². The first-order chi connectivity index (χ1) is 13.6. The maximum absolute atomic E-state index is 12.2. The molecule has 2 N–H and O–H groups in total. The average Bonchev–Trinajstić information content (AvgIpc) is 2.69. The summed E-state index contributed by atoms with van der Waals surface area (Å²) < 4.78 is 17.9. The zero-order valence-corrected chi connectivity index (χ0v) is 21.1. The standard InChI is InChI=1S/C21H36N4O2S.HI/c1-18(2)27-15-14-25-12-9-20(10-13-25)24-21(22-3)23-11-16-28(26)17-19-7-5-4-6-8-19;/h4-8,18,20H,9-17H2,1-3H3,(H2,22,23,24);1H. The van der Waals surface area contributed by atoms with E-state index in [2.05, 4.69) is 34.4 Å². The summed E-state index contributed by atoms with van der Waals surface area (Å²) in [6, 6.07) is 10.4. The quantitative estimate of drug-likeness (QED) is 0.274. The molecule has 1 aromatic rings. The molecule has 0 aliphatic carbocycles. The van der Waals surface area contributed by atoms with Gasteiger partial charge in [0.25, 0.3) is 0 Å². The lowest BCUT2D eigenvalue weighted by atomic mass is 10.1. The highest BCUT2D eigenvalue weighted by molar-refractivity contribution is 14.0. The van der Waals surface area contributed by atoms with E-state index < -0.39 is 10.8 Å². The van der Waals surface area contributed by atoms with Crippen LogP contribution in [0, 0.1) is 0 Å². The summed E-state index contributed by atoms with van der Waals surface area (Å²) >= 11 is 0. The number of aliphatic imine (C=N–C) groups is 1. The van der Waals surface area contributed by atoms with Crippen molar-refractivity contribution >= 4 is 40.7 Å². The van der Waals surface area contributed by atoms with Gasteiger partial charge < -0.3 is 20.3 Å². The molecule has 1 atom stereocenters. The number of nitrogens with zero attached hydrogens (tertiary/aromatic N) is 2. The number of hydrogen-bond acceptors (Lipinski definition) is 4. The Bertz CT molecular complexity index is 608. The molecule has 0 radical (unpaired) electrons. The number of likely N-dealkylation sites (tertiary alicyclic amines) is 1. The predicted octanol–water partition coefficient (Wildman–Crippen LogP) is 2.61. The van der Waals surface area contributed by atoms with Crippen LogP contribution in [0.1, 0.15) is 32.3 Å². The Labute approximate surface area is 195 Å². The molecular weight excluding hydrogens is 499 g/mol. The maximum Gasteiger partial charge on any atom is 0.191 e. The van der Waals surface area contributed by atoms with Crippen molar-refractivity contribution in [3.05, 3.63) is 35.9 Å². The lowest BCUT2D eigenvalue weighted by Gasteiger charge is -2.33. The number of nitrogens with one attached hydrogen (secondary N) is 2. The Balaban J connectivity index is 0.00000420. The van der Waals surface area contributed by atoms with Crippen LogP contribution in [0.4, 0.5) is 0 Å². The number of hydrogen-bond donors (Lipinski definition) is 2. The van der Waals surface area contributed by atoms with E-state index in [1.54, 1.807) is 7.05 Å². The number of halogens is 1. The molecule has 1 saturated heterocycles. The Morgan fingerprint density at radius 2 is 1.97 bits per heavy atom. The van der Waals surface area contributed by atoms with Gasteiger partial charge in [-0.15, -0.1) is 24.0 Å². The number of piperidine rings is 1. The minimum absolute atomic E-state index is 0. The molecule has 8 heteroatoms. The Kier molecular flexibility index (Phi) is 13.7. The van der Waals surface area contributed by atoms with Gasteiger partial charge in [0.05, 0.1) is 12.7 Å². The summed E-state index contributed by atoms with van der Waals surface area (Å²) in [5, 5.41) is 6.81. The lowest BCUT2D eigenvalue weighted by Crippen LogP contribution is -2.49. The molecule has 166 valence electrons. The molecule has 0 spiro atoms. The van der Waals surface area contributed by atoms with Gasteiger partial charge in [-0.1, -0.05) is 30.3 Å². The SMILES string of the molecule is CN=C(NCCS(=O)Cc1ccccc1)NC1CCN(CCOC(C)C)CC1.I. The molecule has 1 aliphatic rings. The molecule has 1 heterocycles. The Morgan fingerprint density at radius 1 is 1.28 bits per heavy atom. The summed E-state index contributed by atoms with van der Waals surface area (Å²) in [4.78, 5) is 6.77. The monoisotopic (exact) mass is 536 g/mol. The fraction of sp³-hybridized carbons (Fsp3) is 0.667. The number of benzene rings is 1. The Morgan fingerprint density at radius 3 is 2.59 bits per heavy atom. The lowest BCUT2D eigenvalue weighted by molar-refractivity contribution is 0.0532. The van der Waals surface area contributed by atoms with Crippen LogP contribution in [0.2, 0.25) is 0 Å². The predicted molar refractivity (Wildman–Crippen MR) is 134 cm³/mol. The highest BCUT2D eigenvalue weighted by Crippen LogP contribution is 2.10. The summed E-state index contributed by atoms with van der Waals surface area (Å²) in [7, 11) is 0.915. The van der Waals surface area contributed by atoms with Gasteiger partial charge in [-0.05, 0) is 32.3 Å². The molecule has 0 amide bonds. The van der Waals surface area contributed by atoms with Gasteiger partial charge in [0.15, 0.2) is 5.96 Å². The number of rotatable bonds is 10. The summed E-state index contributed by atoms with van der Waals surface area (Å²) in [6.07, 6.45) is 2.50. The zero-order chi connectivity index (χ0) is 20.2. The van der Waals surface area contributed by atoms with Gasteiger partial charge in [0.1, 0.15) is 0 Å². The Hall–Kier alpha value is -0.710. The average molecular weight is 537 g/mol. The van der Waals surface area contributed by atoms with Crippen LogP contribution < -0.4 is 10.6 Å². The van der Waals surface area contributed by atoms with Crippen LogP contribution in [0.5, 0.6) is 0 Å². The third kappa shape index (κ3) is 11.3. The van der Waals surface area contributed by atoms with Crippen molar-refractivity contribution in [3.63, 3.8) is 0 Å². The van der Waals surface area contributed by atoms with Crippen molar-refractivity contribution < 1.29 is 8.95 Å². The van der Waals surface area contributed by atoms with E-state index in [4.69, 9.17) is 4.74 Å². The van der Waals surface area contributed by atoms with Crippen molar-refractivity contribution in [1.29, 1.82) is 0 Å². The van der Waals surface area contributed by atoms with Crippen molar-refractivity contribution in [3.8, 4) is 0 Å². The fourth-order valence-electron chi connectivity index (χ4n) is 3.22. The van der Waals surface area contributed by atoms with Crippen molar-refractivity contribution in [2.24, 2.45) is 4.99 Å². The summed E-state index contributed by atoms with van der Waals surface area (Å²) in [6.45, 7) is 8.78. The first kappa shape index (κ1) is 26.3. The van der Waals surface area contributed by atoms with Crippen LogP contribution in [0.15, 0.2) is 35.3 Å². The van der Waals surface area contributed by atoms with Crippen LogP contribution in [0.25, 0.3) is 0 Å². The topological polar surface area (TPSA) is 66.0 Å².